The van der Waals surface area contributed by atoms with Crippen LogP contribution in [0, 0.1) is 0 Å². The zero-order chi connectivity index (χ0) is 12.3. The molecule has 1 fully saturated rings. The first-order valence-corrected chi connectivity index (χ1v) is 6.67. The highest BCUT2D eigenvalue weighted by Crippen LogP contribution is 2.28. The quantitative estimate of drug-likeness (QED) is 0.893. The Kier molecular flexibility index (Phi) is 3.84. The van der Waals surface area contributed by atoms with Gasteiger partial charge in [-0.25, -0.2) is 0 Å². The predicted molar refractivity (Wildman–Crippen MR) is 71.6 cm³/mol. The molecule has 17 heavy (non-hydrogen) atoms. The lowest BCUT2D eigenvalue weighted by molar-refractivity contribution is -0.120. The second-order valence-electron chi connectivity index (χ2n) is 4.80. The Labute approximate surface area is 110 Å². The Morgan fingerprint density at radius 2 is 2.00 bits per heavy atom. The van der Waals surface area contributed by atoms with Crippen LogP contribution < -0.4 is 11.1 Å². The molecule has 0 spiro atoms. The van der Waals surface area contributed by atoms with Crippen molar-refractivity contribution in [1.82, 2.24) is 5.32 Å². The molecule has 2 rings (SSSR count). The van der Waals surface area contributed by atoms with Gasteiger partial charge in [-0.3, -0.25) is 4.79 Å². The molecule has 1 aromatic rings. The van der Waals surface area contributed by atoms with Gasteiger partial charge in [-0.2, -0.15) is 0 Å². The van der Waals surface area contributed by atoms with E-state index >= 15 is 0 Å². The van der Waals surface area contributed by atoms with Crippen molar-refractivity contribution in [1.29, 1.82) is 0 Å². The number of hydrogen-bond donors (Lipinski definition) is 2. The molecular formula is C13H17BrN2O. The first-order valence-electron chi connectivity index (χ1n) is 5.87. The Morgan fingerprint density at radius 1 is 1.35 bits per heavy atom. The molecule has 0 heterocycles. The van der Waals surface area contributed by atoms with Crippen molar-refractivity contribution in [3.8, 4) is 0 Å². The SMILES string of the molecule is NC1(CNC(=O)Cc2ccc(Br)cc2)CCC1. The molecule has 3 N–H and O–H groups in total. The van der Waals surface area contributed by atoms with Crippen molar-refractivity contribution < 1.29 is 4.79 Å². The number of benzene rings is 1. The van der Waals surface area contributed by atoms with E-state index in [1.807, 2.05) is 24.3 Å². The van der Waals surface area contributed by atoms with Crippen molar-refractivity contribution in [3.05, 3.63) is 34.3 Å². The third kappa shape index (κ3) is 3.54. The maximum atomic E-state index is 11.7. The number of hydrogen-bond acceptors (Lipinski definition) is 2. The largest absolute Gasteiger partial charge is 0.354 e. The van der Waals surface area contributed by atoms with Crippen LogP contribution in [0.1, 0.15) is 24.8 Å². The van der Waals surface area contributed by atoms with Crippen LogP contribution in [0.4, 0.5) is 0 Å². The minimum absolute atomic E-state index is 0.0454. The lowest BCUT2D eigenvalue weighted by Crippen LogP contribution is -2.55. The van der Waals surface area contributed by atoms with Gasteiger partial charge in [-0.05, 0) is 37.0 Å². The van der Waals surface area contributed by atoms with Crippen molar-refractivity contribution >= 4 is 21.8 Å². The fourth-order valence-corrected chi connectivity index (χ4v) is 2.20. The van der Waals surface area contributed by atoms with Crippen LogP contribution in [0.2, 0.25) is 0 Å². The average molecular weight is 297 g/mol. The van der Waals surface area contributed by atoms with Gasteiger partial charge in [0.05, 0.1) is 6.42 Å². The molecule has 1 aliphatic rings. The van der Waals surface area contributed by atoms with Gasteiger partial charge in [0.25, 0.3) is 0 Å². The molecule has 1 aromatic carbocycles. The van der Waals surface area contributed by atoms with Crippen LogP contribution in [0.3, 0.4) is 0 Å². The summed E-state index contributed by atoms with van der Waals surface area (Å²) in [6, 6.07) is 7.79. The summed E-state index contributed by atoms with van der Waals surface area (Å²) in [6.07, 6.45) is 3.64. The van der Waals surface area contributed by atoms with Crippen molar-refractivity contribution in [2.75, 3.05) is 6.54 Å². The zero-order valence-electron chi connectivity index (χ0n) is 9.71. The number of carbonyl (C=O) groups is 1. The summed E-state index contributed by atoms with van der Waals surface area (Å²) in [6.45, 7) is 0.600. The fraction of sp³-hybridized carbons (Fsp3) is 0.462. The molecule has 0 atom stereocenters. The van der Waals surface area contributed by atoms with Gasteiger partial charge in [-0.15, -0.1) is 0 Å². The van der Waals surface area contributed by atoms with Gasteiger partial charge in [0.1, 0.15) is 0 Å². The second kappa shape index (κ2) is 5.19. The first kappa shape index (κ1) is 12.6. The summed E-state index contributed by atoms with van der Waals surface area (Å²) in [5, 5.41) is 2.91. The summed E-state index contributed by atoms with van der Waals surface area (Å²) in [4.78, 5) is 11.7. The summed E-state index contributed by atoms with van der Waals surface area (Å²) < 4.78 is 1.03. The highest BCUT2D eigenvalue weighted by atomic mass is 79.9. The molecule has 0 unspecified atom stereocenters. The molecule has 4 heteroatoms. The van der Waals surface area contributed by atoms with Gasteiger partial charge in [0, 0.05) is 16.6 Å². The summed E-state index contributed by atoms with van der Waals surface area (Å²) >= 11 is 3.37. The zero-order valence-corrected chi connectivity index (χ0v) is 11.3. The standard InChI is InChI=1S/C13H17BrN2O/c14-11-4-2-10(3-5-11)8-12(17)16-9-13(15)6-1-7-13/h2-5H,1,6-9,15H2,(H,16,17). The van der Waals surface area contributed by atoms with Crippen LogP contribution in [-0.2, 0) is 11.2 Å². The van der Waals surface area contributed by atoms with Crippen molar-refractivity contribution in [2.45, 2.75) is 31.2 Å². The maximum absolute atomic E-state index is 11.7. The van der Waals surface area contributed by atoms with Crippen molar-refractivity contribution in [3.63, 3.8) is 0 Å². The smallest absolute Gasteiger partial charge is 0.224 e. The number of carbonyl (C=O) groups excluding carboxylic acids is 1. The van der Waals surface area contributed by atoms with Crippen LogP contribution in [0.15, 0.2) is 28.7 Å². The second-order valence-corrected chi connectivity index (χ2v) is 5.71. The van der Waals surface area contributed by atoms with Gasteiger partial charge in [-0.1, -0.05) is 28.1 Å². The van der Waals surface area contributed by atoms with E-state index in [9.17, 15) is 4.79 Å². The maximum Gasteiger partial charge on any atom is 0.224 e. The molecule has 0 bridgehead atoms. The fourth-order valence-electron chi connectivity index (χ4n) is 1.93. The van der Waals surface area contributed by atoms with Gasteiger partial charge in [0.15, 0.2) is 0 Å². The number of amides is 1. The molecule has 0 aliphatic heterocycles. The van der Waals surface area contributed by atoms with E-state index in [4.69, 9.17) is 5.73 Å². The van der Waals surface area contributed by atoms with Gasteiger partial charge < -0.3 is 11.1 Å². The molecule has 92 valence electrons. The molecule has 0 saturated heterocycles. The normalized spacial score (nSPS) is 17.3. The number of rotatable bonds is 4. The summed E-state index contributed by atoms with van der Waals surface area (Å²) in [5.41, 5.74) is 6.92. The molecular weight excluding hydrogens is 280 g/mol. The van der Waals surface area contributed by atoms with E-state index in [1.54, 1.807) is 0 Å². The van der Waals surface area contributed by atoms with E-state index in [1.165, 1.54) is 6.42 Å². The average Bonchev–Trinajstić information content (AvgIpc) is 2.27. The van der Waals surface area contributed by atoms with Gasteiger partial charge >= 0.3 is 0 Å². The predicted octanol–water partition coefficient (Wildman–Crippen LogP) is 1.99. The third-order valence-corrected chi connectivity index (χ3v) is 3.79. The van der Waals surface area contributed by atoms with Crippen LogP contribution >= 0.6 is 15.9 Å². The van der Waals surface area contributed by atoms with E-state index in [-0.39, 0.29) is 11.4 Å². The lowest BCUT2D eigenvalue weighted by Gasteiger charge is -2.38. The number of nitrogens with one attached hydrogen (secondary N) is 1. The molecule has 1 amide bonds. The lowest BCUT2D eigenvalue weighted by atomic mass is 9.78. The molecule has 0 aromatic heterocycles. The molecule has 1 saturated carbocycles. The highest BCUT2D eigenvalue weighted by Gasteiger charge is 2.32. The van der Waals surface area contributed by atoms with Gasteiger partial charge in [0.2, 0.25) is 5.91 Å². The van der Waals surface area contributed by atoms with E-state index in [0.29, 0.717) is 13.0 Å². The first-order chi connectivity index (χ1) is 8.07. The number of nitrogens with two attached hydrogens (primary N) is 1. The van der Waals surface area contributed by atoms with E-state index in [2.05, 4.69) is 21.2 Å². The Balaban J connectivity index is 1.79. The minimum atomic E-state index is -0.143. The van der Waals surface area contributed by atoms with Crippen LogP contribution in [0.5, 0.6) is 0 Å². The highest BCUT2D eigenvalue weighted by molar-refractivity contribution is 9.10. The topological polar surface area (TPSA) is 55.1 Å². The third-order valence-electron chi connectivity index (χ3n) is 3.26. The Morgan fingerprint density at radius 3 is 2.53 bits per heavy atom. The summed E-state index contributed by atoms with van der Waals surface area (Å²) in [5.74, 6) is 0.0454. The number of halogens is 1. The Hall–Kier alpha value is -0.870. The molecule has 1 aliphatic carbocycles. The van der Waals surface area contributed by atoms with Crippen molar-refractivity contribution in [2.24, 2.45) is 5.73 Å². The summed E-state index contributed by atoms with van der Waals surface area (Å²) in [7, 11) is 0. The van der Waals surface area contributed by atoms with E-state index in [0.717, 1.165) is 22.9 Å². The molecule has 3 nitrogen and oxygen atoms in total. The Bertz CT molecular complexity index is 398. The molecule has 0 radical (unpaired) electrons. The van der Waals surface area contributed by atoms with E-state index < -0.39 is 0 Å². The monoisotopic (exact) mass is 296 g/mol. The van der Waals surface area contributed by atoms with Crippen LogP contribution in [-0.4, -0.2) is 18.0 Å². The van der Waals surface area contributed by atoms with Crippen LogP contribution in [0.25, 0.3) is 0 Å². The minimum Gasteiger partial charge on any atom is -0.354 e.